The van der Waals surface area contributed by atoms with Gasteiger partial charge in [0, 0.05) is 38.8 Å². The first kappa shape index (κ1) is 18.5. The second-order valence-electron chi connectivity index (χ2n) is 6.95. The molecule has 2 aliphatic rings. The van der Waals surface area contributed by atoms with Gasteiger partial charge in [-0.2, -0.15) is 0 Å². The van der Waals surface area contributed by atoms with Crippen LogP contribution in [0.15, 0.2) is 24.3 Å². The van der Waals surface area contributed by atoms with Gasteiger partial charge in [-0.15, -0.1) is 0 Å². The van der Waals surface area contributed by atoms with Crippen LogP contribution in [0.2, 0.25) is 5.02 Å². The van der Waals surface area contributed by atoms with Crippen LogP contribution in [-0.4, -0.2) is 67.6 Å². The molecule has 1 saturated carbocycles. The summed E-state index contributed by atoms with van der Waals surface area (Å²) in [4.78, 5) is 16.7. The van der Waals surface area contributed by atoms with Crippen molar-refractivity contribution >= 4 is 17.5 Å². The molecular formula is C19H28ClN3O2. The smallest absolute Gasteiger partial charge is 0.234 e. The molecule has 3 rings (SSSR count). The monoisotopic (exact) mass is 365 g/mol. The Bertz CT molecular complexity index is 555. The van der Waals surface area contributed by atoms with Gasteiger partial charge in [0.05, 0.1) is 11.6 Å². The standard InChI is InChI=1S/C19H28ClN3O2/c20-17-7-3-4-8-18(17)25-14-13-22-9-11-23(12-10-22)15-19(24)21-16-5-1-2-6-16/h3-4,7-8,16H,1-2,5-6,9-15H2,(H,21,24). The number of hydrogen-bond acceptors (Lipinski definition) is 4. The van der Waals surface area contributed by atoms with Gasteiger partial charge in [0.1, 0.15) is 12.4 Å². The maximum Gasteiger partial charge on any atom is 0.234 e. The lowest BCUT2D eigenvalue weighted by Crippen LogP contribution is -2.50. The van der Waals surface area contributed by atoms with E-state index in [1.165, 1.54) is 12.8 Å². The van der Waals surface area contributed by atoms with Crippen molar-refractivity contribution in [3.05, 3.63) is 29.3 Å². The SMILES string of the molecule is O=C(CN1CCN(CCOc2ccccc2Cl)CC1)NC1CCCC1. The number of piperazine rings is 1. The third-order valence-electron chi connectivity index (χ3n) is 5.05. The van der Waals surface area contributed by atoms with E-state index in [1.807, 2.05) is 24.3 Å². The average molecular weight is 366 g/mol. The largest absolute Gasteiger partial charge is 0.491 e. The van der Waals surface area contributed by atoms with E-state index in [0.717, 1.165) is 51.3 Å². The van der Waals surface area contributed by atoms with E-state index in [9.17, 15) is 4.79 Å². The number of amides is 1. The fraction of sp³-hybridized carbons (Fsp3) is 0.632. The first-order valence-corrected chi connectivity index (χ1v) is 9.70. The van der Waals surface area contributed by atoms with Crippen molar-refractivity contribution in [3.8, 4) is 5.75 Å². The Kier molecular flexibility index (Phi) is 6.96. The third-order valence-corrected chi connectivity index (χ3v) is 5.37. The zero-order valence-corrected chi connectivity index (χ0v) is 15.5. The fourth-order valence-corrected chi connectivity index (χ4v) is 3.75. The lowest BCUT2D eigenvalue weighted by atomic mass is 10.2. The fourth-order valence-electron chi connectivity index (χ4n) is 3.56. The topological polar surface area (TPSA) is 44.8 Å². The van der Waals surface area contributed by atoms with Crippen molar-refractivity contribution in [3.63, 3.8) is 0 Å². The molecule has 1 N–H and O–H groups in total. The van der Waals surface area contributed by atoms with Crippen LogP contribution in [0.1, 0.15) is 25.7 Å². The summed E-state index contributed by atoms with van der Waals surface area (Å²) in [5, 5.41) is 3.82. The van der Waals surface area contributed by atoms with E-state index in [1.54, 1.807) is 0 Å². The highest BCUT2D eigenvalue weighted by Gasteiger charge is 2.21. The van der Waals surface area contributed by atoms with Crippen molar-refractivity contribution in [2.24, 2.45) is 0 Å². The first-order valence-electron chi connectivity index (χ1n) is 9.32. The Hall–Kier alpha value is -1.30. The summed E-state index contributed by atoms with van der Waals surface area (Å²) < 4.78 is 5.75. The summed E-state index contributed by atoms with van der Waals surface area (Å²) >= 11 is 6.09. The first-order chi connectivity index (χ1) is 12.2. The molecule has 138 valence electrons. The number of nitrogens with one attached hydrogen (secondary N) is 1. The molecule has 1 aromatic carbocycles. The molecule has 2 fully saturated rings. The molecule has 1 saturated heterocycles. The Morgan fingerprint density at radius 1 is 1.12 bits per heavy atom. The molecule has 25 heavy (non-hydrogen) atoms. The molecule has 0 atom stereocenters. The molecule has 1 heterocycles. The molecule has 5 nitrogen and oxygen atoms in total. The molecule has 0 bridgehead atoms. The van der Waals surface area contributed by atoms with E-state index in [2.05, 4.69) is 15.1 Å². The zero-order valence-electron chi connectivity index (χ0n) is 14.8. The summed E-state index contributed by atoms with van der Waals surface area (Å²) in [5.74, 6) is 0.925. The average Bonchev–Trinajstić information content (AvgIpc) is 3.11. The van der Waals surface area contributed by atoms with Gasteiger partial charge in [0.15, 0.2) is 0 Å². The van der Waals surface area contributed by atoms with E-state index in [0.29, 0.717) is 24.2 Å². The maximum absolute atomic E-state index is 12.1. The molecule has 6 heteroatoms. The van der Waals surface area contributed by atoms with Gasteiger partial charge in [0.25, 0.3) is 0 Å². The number of carbonyl (C=O) groups is 1. The van der Waals surface area contributed by atoms with E-state index >= 15 is 0 Å². The highest BCUT2D eigenvalue weighted by molar-refractivity contribution is 6.32. The van der Waals surface area contributed by atoms with Gasteiger partial charge in [-0.1, -0.05) is 36.6 Å². The molecule has 1 aromatic rings. The third kappa shape index (κ3) is 5.87. The predicted molar refractivity (Wildman–Crippen MR) is 100 cm³/mol. The van der Waals surface area contributed by atoms with Crippen LogP contribution in [0.25, 0.3) is 0 Å². The number of rotatable bonds is 7. The van der Waals surface area contributed by atoms with Crippen molar-refractivity contribution in [1.82, 2.24) is 15.1 Å². The van der Waals surface area contributed by atoms with Crippen LogP contribution in [0.5, 0.6) is 5.75 Å². The number of halogens is 1. The quantitative estimate of drug-likeness (QED) is 0.805. The summed E-state index contributed by atoms with van der Waals surface area (Å²) in [6.07, 6.45) is 4.79. The van der Waals surface area contributed by atoms with Crippen LogP contribution in [0.3, 0.4) is 0 Å². The predicted octanol–water partition coefficient (Wildman–Crippen LogP) is 2.40. The van der Waals surface area contributed by atoms with Gasteiger partial charge in [-0.05, 0) is 25.0 Å². The lowest BCUT2D eigenvalue weighted by molar-refractivity contribution is -0.123. The molecule has 0 spiro atoms. The summed E-state index contributed by atoms with van der Waals surface area (Å²) in [6, 6.07) is 7.97. The maximum atomic E-state index is 12.1. The van der Waals surface area contributed by atoms with Crippen LogP contribution in [-0.2, 0) is 4.79 Å². The Morgan fingerprint density at radius 3 is 2.52 bits per heavy atom. The van der Waals surface area contributed by atoms with E-state index in [-0.39, 0.29) is 5.91 Å². The zero-order chi connectivity index (χ0) is 17.5. The van der Waals surface area contributed by atoms with Crippen molar-refractivity contribution in [2.75, 3.05) is 45.9 Å². The van der Waals surface area contributed by atoms with Gasteiger partial charge in [-0.3, -0.25) is 14.6 Å². The van der Waals surface area contributed by atoms with Crippen LogP contribution >= 0.6 is 11.6 Å². The molecule has 0 radical (unpaired) electrons. The highest BCUT2D eigenvalue weighted by atomic mass is 35.5. The molecule has 1 aliphatic carbocycles. The molecule has 0 aromatic heterocycles. The van der Waals surface area contributed by atoms with Gasteiger partial charge < -0.3 is 10.1 Å². The number of ether oxygens (including phenoxy) is 1. The normalized spacial score (nSPS) is 19.9. The van der Waals surface area contributed by atoms with E-state index in [4.69, 9.17) is 16.3 Å². The highest BCUT2D eigenvalue weighted by Crippen LogP contribution is 2.23. The second-order valence-corrected chi connectivity index (χ2v) is 7.35. The summed E-state index contributed by atoms with van der Waals surface area (Å²) in [5.41, 5.74) is 0. The minimum absolute atomic E-state index is 0.183. The Balaban J connectivity index is 1.30. The molecule has 1 aliphatic heterocycles. The van der Waals surface area contributed by atoms with Gasteiger partial charge in [0.2, 0.25) is 5.91 Å². The molecular weight excluding hydrogens is 338 g/mol. The van der Waals surface area contributed by atoms with Crippen molar-refractivity contribution < 1.29 is 9.53 Å². The van der Waals surface area contributed by atoms with Crippen molar-refractivity contribution in [1.29, 1.82) is 0 Å². The number of hydrogen-bond donors (Lipinski definition) is 1. The van der Waals surface area contributed by atoms with Crippen LogP contribution in [0, 0.1) is 0 Å². The van der Waals surface area contributed by atoms with Gasteiger partial charge >= 0.3 is 0 Å². The Morgan fingerprint density at radius 2 is 1.80 bits per heavy atom. The molecule has 0 unspecified atom stereocenters. The number of para-hydroxylation sites is 1. The second kappa shape index (κ2) is 9.41. The Labute approximate surface area is 155 Å². The minimum Gasteiger partial charge on any atom is -0.491 e. The minimum atomic E-state index is 0.183. The number of benzene rings is 1. The van der Waals surface area contributed by atoms with Crippen LogP contribution in [0.4, 0.5) is 0 Å². The lowest BCUT2D eigenvalue weighted by Gasteiger charge is -2.34. The van der Waals surface area contributed by atoms with E-state index < -0.39 is 0 Å². The molecule has 1 amide bonds. The number of carbonyl (C=O) groups excluding carboxylic acids is 1. The summed E-state index contributed by atoms with van der Waals surface area (Å²) in [7, 11) is 0. The summed E-state index contributed by atoms with van der Waals surface area (Å²) in [6.45, 7) is 5.86. The number of nitrogens with zero attached hydrogens (tertiary/aromatic N) is 2. The van der Waals surface area contributed by atoms with Crippen LogP contribution < -0.4 is 10.1 Å². The van der Waals surface area contributed by atoms with Gasteiger partial charge in [-0.25, -0.2) is 0 Å². The van der Waals surface area contributed by atoms with Crippen molar-refractivity contribution in [2.45, 2.75) is 31.7 Å².